The first kappa shape index (κ1) is 12.9. The maximum Gasteiger partial charge on any atom is 0.454 e. The summed E-state index contributed by atoms with van der Waals surface area (Å²) in [6.45, 7) is 0.561. The van der Waals surface area contributed by atoms with Crippen LogP contribution < -0.4 is 0 Å². The number of aromatic nitrogens is 1. The number of Topliss-reactive ketones (excluding diaryl/α,β-unsaturated/α-hetero) is 1. The SMILES string of the molecule is O=C(c1ccn(CCc2cccs2)c1)C(F)(F)F. The van der Waals surface area contributed by atoms with Gasteiger partial charge in [-0.15, -0.1) is 11.3 Å². The van der Waals surface area contributed by atoms with Crippen LogP contribution in [0.5, 0.6) is 0 Å². The molecule has 6 heteroatoms. The lowest BCUT2D eigenvalue weighted by Gasteiger charge is -2.03. The summed E-state index contributed by atoms with van der Waals surface area (Å²) < 4.78 is 38.2. The number of halogens is 3. The van der Waals surface area contributed by atoms with Crippen molar-refractivity contribution in [2.45, 2.75) is 19.1 Å². The van der Waals surface area contributed by atoms with Crippen LogP contribution in [0.3, 0.4) is 0 Å². The van der Waals surface area contributed by atoms with Gasteiger partial charge >= 0.3 is 6.18 Å². The number of thiophene rings is 1. The lowest BCUT2D eigenvalue weighted by atomic mass is 10.2. The van der Waals surface area contributed by atoms with E-state index >= 15 is 0 Å². The van der Waals surface area contributed by atoms with Crippen molar-refractivity contribution in [1.29, 1.82) is 0 Å². The van der Waals surface area contributed by atoms with E-state index in [9.17, 15) is 18.0 Å². The molecule has 0 N–H and O–H groups in total. The third kappa shape index (κ3) is 3.01. The van der Waals surface area contributed by atoms with Gasteiger partial charge in [-0.25, -0.2) is 0 Å². The van der Waals surface area contributed by atoms with E-state index in [1.54, 1.807) is 15.9 Å². The van der Waals surface area contributed by atoms with Crippen molar-refractivity contribution >= 4 is 17.1 Å². The molecule has 18 heavy (non-hydrogen) atoms. The molecule has 0 aliphatic carbocycles. The number of aryl methyl sites for hydroxylation is 2. The summed E-state index contributed by atoms with van der Waals surface area (Å²) in [4.78, 5) is 12.1. The fraction of sp³-hybridized carbons (Fsp3) is 0.250. The van der Waals surface area contributed by atoms with Gasteiger partial charge in [0.05, 0.1) is 0 Å². The second-order valence-corrected chi connectivity index (χ2v) is 4.83. The minimum absolute atomic E-state index is 0.311. The van der Waals surface area contributed by atoms with Crippen molar-refractivity contribution in [3.63, 3.8) is 0 Å². The molecule has 0 saturated carbocycles. The lowest BCUT2D eigenvalue weighted by molar-refractivity contribution is -0.0885. The molecule has 2 aromatic heterocycles. The Balaban J connectivity index is 2.00. The Morgan fingerprint density at radius 3 is 2.72 bits per heavy atom. The molecular formula is C12H10F3NOS. The Bertz CT molecular complexity index is 528. The maximum atomic E-state index is 12.2. The van der Waals surface area contributed by atoms with Crippen molar-refractivity contribution in [2.24, 2.45) is 0 Å². The zero-order chi connectivity index (χ0) is 13.2. The summed E-state index contributed by atoms with van der Waals surface area (Å²) in [6, 6.07) is 5.09. The molecule has 0 amide bonds. The van der Waals surface area contributed by atoms with E-state index in [1.165, 1.54) is 18.5 Å². The number of ketones is 1. The van der Waals surface area contributed by atoms with Crippen LogP contribution in [0.25, 0.3) is 0 Å². The van der Waals surface area contributed by atoms with Crippen LogP contribution in [-0.4, -0.2) is 16.5 Å². The van der Waals surface area contributed by atoms with E-state index in [1.807, 2.05) is 17.5 Å². The third-order valence-electron chi connectivity index (χ3n) is 2.47. The monoisotopic (exact) mass is 273 g/mol. The summed E-state index contributed by atoms with van der Waals surface area (Å²) in [6.07, 6.45) is -1.33. The van der Waals surface area contributed by atoms with Crippen molar-refractivity contribution in [2.75, 3.05) is 0 Å². The number of hydrogen-bond donors (Lipinski definition) is 0. The highest BCUT2D eigenvalue weighted by molar-refractivity contribution is 7.09. The molecule has 0 atom stereocenters. The fourth-order valence-electron chi connectivity index (χ4n) is 1.57. The van der Waals surface area contributed by atoms with Gasteiger partial charge in [-0.3, -0.25) is 4.79 Å². The minimum atomic E-state index is -4.81. The second-order valence-electron chi connectivity index (χ2n) is 3.79. The normalized spacial score (nSPS) is 11.7. The highest BCUT2D eigenvalue weighted by Gasteiger charge is 2.39. The van der Waals surface area contributed by atoms with Crippen LogP contribution >= 0.6 is 11.3 Å². The average Bonchev–Trinajstić information content (AvgIpc) is 2.95. The molecule has 0 saturated heterocycles. The molecular weight excluding hydrogens is 263 g/mol. The Kier molecular flexibility index (Phi) is 3.56. The molecule has 0 unspecified atom stereocenters. The van der Waals surface area contributed by atoms with Gasteiger partial charge in [-0.2, -0.15) is 13.2 Å². The van der Waals surface area contributed by atoms with Gasteiger partial charge in [-0.05, 0) is 23.9 Å². The van der Waals surface area contributed by atoms with Crippen molar-refractivity contribution in [3.05, 3.63) is 46.4 Å². The number of carbonyl (C=O) groups is 1. The second kappa shape index (κ2) is 4.97. The van der Waals surface area contributed by atoms with Crippen LogP contribution in [0.1, 0.15) is 15.2 Å². The van der Waals surface area contributed by atoms with Crippen LogP contribution in [0.15, 0.2) is 36.0 Å². The van der Waals surface area contributed by atoms with E-state index in [4.69, 9.17) is 0 Å². The van der Waals surface area contributed by atoms with Gasteiger partial charge in [0.2, 0.25) is 0 Å². The fourth-order valence-corrected chi connectivity index (χ4v) is 2.27. The van der Waals surface area contributed by atoms with Gasteiger partial charge < -0.3 is 4.57 Å². The van der Waals surface area contributed by atoms with Crippen LogP contribution in [0, 0.1) is 0 Å². The molecule has 2 nitrogen and oxygen atoms in total. The Hall–Kier alpha value is -1.56. The molecule has 0 radical (unpaired) electrons. The molecule has 0 aromatic carbocycles. The quantitative estimate of drug-likeness (QED) is 0.781. The molecule has 2 heterocycles. The summed E-state index contributed by atoms with van der Waals surface area (Å²) >= 11 is 1.60. The summed E-state index contributed by atoms with van der Waals surface area (Å²) in [5.41, 5.74) is -0.311. The molecule has 0 aliphatic heterocycles. The van der Waals surface area contributed by atoms with Gasteiger partial charge in [0.25, 0.3) is 5.78 Å². The topological polar surface area (TPSA) is 22.0 Å². The minimum Gasteiger partial charge on any atom is -0.353 e. The maximum absolute atomic E-state index is 12.2. The number of carbonyl (C=O) groups excluding carboxylic acids is 1. The number of rotatable bonds is 4. The van der Waals surface area contributed by atoms with Gasteiger partial charge in [-0.1, -0.05) is 6.07 Å². The standard InChI is InChI=1S/C12H10F3NOS/c13-12(14,15)11(17)9-3-5-16(8-9)6-4-10-2-1-7-18-10/h1-3,5,7-8H,4,6H2. The lowest BCUT2D eigenvalue weighted by Crippen LogP contribution is -2.22. The van der Waals surface area contributed by atoms with E-state index in [-0.39, 0.29) is 5.56 Å². The Morgan fingerprint density at radius 1 is 1.33 bits per heavy atom. The first-order valence-electron chi connectivity index (χ1n) is 5.26. The summed E-state index contributed by atoms with van der Waals surface area (Å²) in [5, 5.41) is 1.95. The first-order chi connectivity index (χ1) is 8.47. The summed E-state index contributed by atoms with van der Waals surface area (Å²) in [7, 11) is 0. The highest BCUT2D eigenvalue weighted by Crippen LogP contribution is 2.21. The predicted octanol–water partition coefficient (Wildman–Crippen LogP) is 3.54. The smallest absolute Gasteiger partial charge is 0.353 e. The van der Waals surface area contributed by atoms with E-state index in [0.29, 0.717) is 6.54 Å². The summed E-state index contributed by atoms with van der Waals surface area (Å²) in [5.74, 6) is -1.79. The zero-order valence-corrected chi connectivity index (χ0v) is 10.1. The van der Waals surface area contributed by atoms with E-state index < -0.39 is 12.0 Å². The van der Waals surface area contributed by atoms with Gasteiger partial charge in [0.1, 0.15) is 0 Å². The van der Waals surface area contributed by atoms with Gasteiger partial charge in [0.15, 0.2) is 0 Å². The highest BCUT2D eigenvalue weighted by atomic mass is 32.1. The third-order valence-corrected chi connectivity index (χ3v) is 3.40. The average molecular weight is 273 g/mol. The Labute approximate surface area is 106 Å². The largest absolute Gasteiger partial charge is 0.454 e. The first-order valence-corrected chi connectivity index (χ1v) is 6.14. The molecule has 0 bridgehead atoms. The van der Waals surface area contributed by atoms with Crippen LogP contribution in [-0.2, 0) is 13.0 Å². The van der Waals surface area contributed by atoms with Crippen molar-refractivity contribution in [3.8, 4) is 0 Å². The zero-order valence-electron chi connectivity index (χ0n) is 9.28. The number of hydrogen-bond acceptors (Lipinski definition) is 2. The van der Waals surface area contributed by atoms with Crippen LogP contribution in [0.4, 0.5) is 13.2 Å². The van der Waals surface area contributed by atoms with Gasteiger partial charge in [0, 0.05) is 29.4 Å². The van der Waals surface area contributed by atoms with Crippen molar-refractivity contribution in [1.82, 2.24) is 4.57 Å². The molecule has 0 spiro atoms. The molecule has 2 rings (SSSR count). The predicted molar refractivity (Wildman–Crippen MR) is 62.8 cm³/mol. The molecule has 96 valence electrons. The van der Waals surface area contributed by atoms with Crippen LogP contribution in [0.2, 0.25) is 0 Å². The van der Waals surface area contributed by atoms with E-state index in [0.717, 1.165) is 11.3 Å². The van der Waals surface area contributed by atoms with Crippen molar-refractivity contribution < 1.29 is 18.0 Å². The number of nitrogens with zero attached hydrogens (tertiary/aromatic N) is 1. The van der Waals surface area contributed by atoms with E-state index in [2.05, 4.69) is 0 Å². The molecule has 0 fully saturated rings. The molecule has 2 aromatic rings. The number of alkyl halides is 3. The molecule has 0 aliphatic rings. The Morgan fingerprint density at radius 2 is 2.11 bits per heavy atom.